The third-order valence-corrected chi connectivity index (χ3v) is 6.76. The average Bonchev–Trinajstić information content (AvgIpc) is 2.92. The van der Waals surface area contributed by atoms with Gasteiger partial charge in [0.25, 0.3) is 5.91 Å². The number of nitrogens with one attached hydrogen (secondary N) is 2. The molecule has 182 valence electrons. The predicted molar refractivity (Wildman–Crippen MR) is 139 cm³/mol. The number of hydrogen-bond acceptors (Lipinski definition) is 5. The summed E-state index contributed by atoms with van der Waals surface area (Å²) in [6, 6.07) is 26.3. The smallest absolute Gasteiger partial charge is 0.262 e. The fourth-order valence-corrected chi connectivity index (χ4v) is 4.78. The fourth-order valence-electron chi connectivity index (χ4n) is 4.78. The number of aryl methyl sites for hydroxylation is 1. The minimum Gasteiger partial charge on any atom is -0.489 e. The summed E-state index contributed by atoms with van der Waals surface area (Å²) in [7, 11) is 0. The van der Waals surface area contributed by atoms with Gasteiger partial charge in [-0.1, -0.05) is 36.4 Å². The number of piperidine rings is 1. The molecule has 0 saturated carbocycles. The van der Waals surface area contributed by atoms with Crippen molar-refractivity contribution in [3.63, 3.8) is 0 Å². The molecule has 0 spiro atoms. The highest BCUT2D eigenvalue weighted by Crippen LogP contribution is 2.27. The van der Waals surface area contributed by atoms with Crippen molar-refractivity contribution >= 4 is 17.3 Å². The van der Waals surface area contributed by atoms with Gasteiger partial charge in [0.15, 0.2) is 6.61 Å². The van der Waals surface area contributed by atoms with Crippen LogP contribution in [0.3, 0.4) is 0 Å². The number of carbonyl (C=O) groups is 1. The van der Waals surface area contributed by atoms with Crippen LogP contribution in [0.25, 0.3) is 0 Å². The van der Waals surface area contributed by atoms with Gasteiger partial charge in [-0.15, -0.1) is 0 Å². The Morgan fingerprint density at radius 1 is 0.914 bits per heavy atom. The summed E-state index contributed by atoms with van der Waals surface area (Å²) >= 11 is 0. The molecule has 0 bridgehead atoms. The molecule has 2 aliphatic rings. The molecular weight excluding hydrogens is 438 g/mol. The maximum Gasteiger partial charge on any atom is 0.262 e. The first kappa shape index (κ1) is 23.2. The van der Waals surface area contributed by atoms with Crippen LogP contribution in [-0.2, 0) is 11.2 Å². The number of rotatable bonds is 8. The summed E-state index contributed by atoms with van der Waals surface area (Å²) in [5, 5.41) is 6.64. The lowest BCUT2D eigenvalue weighted by Gasteiger charge is -2.35. The van der Waals surface area contributed by atoms with Crippen molar-refractivity contribution < 1.29 is 14.3 Å². The van der Waals surface area contributed by atoms with E-state index in [4.69, 9.17) is 9.47 Å². The van der Waals surface area contributed by atoms with Gasteiger partial charge in [0.05, 0.1) is 0 Å². The van der Waals surface area contributed by atoms with Gasteiger partial charge in [0, 0.05) is 37.1 Å². The number of anilines is 2. The minimum absolute atomic E-state index is 0.00924. The number of hydrogen-bond donors (Lipinski definition) is 2. The molecule has 5 rings (SSSR count). The number of para-hydroxylation sites is 2. The molecule has 0 unspecified atom stereocenters. The second-order valence-electron chi connectivity index (χ2n) is 9.25. The second-order valence-corrected chi connectivity index (χ2v) is 9.25. The normalized spacial score (nSPS) is 17.8. The molecule has 1 saturated heterocycles. The van der Waals surface area contributed by atoms with Crippen LogP contribution in [0.2, 0.25) is 0 Å². The highest BCUT2D eigenvalue weighted by molar-refractivity contribution is 5.92. The van der Waals surface area contributed by atoms with Crippen LogP contribution in [0.4, 0.5) is 11.4 Å². The zero-order chi connectivity index (χ0) is 23.9. The highest BCUT2D eigenvalue weighted by atomic mass is 16.5. The van der Waals surface area contributed by atoms with Crippen molar-refractivity contribution in [2.45, 2.75) is 37.8 Å². The monoisotopic (exact) mass is 471 g/mol. The van der Waals surface area contributed by atoms with Crippen molar-refractivity contribution in [3.05, 3.63) is 84.4 Å². The van der Waals surface area contributed by atoms with Crippen molar-refractivity contribution in [3.8, 4) is 11.5 Å². The first-order valence-electron chi connectivity index (χ1n) is 12.5. The molecule has 3 aromatic rings. The van der Waals surface area contributed by atoms with Crippen LogP contribution in [0.5, 0.6) is 11.5 Å². The number of fused-ring (bicyclic) bond motifs is 1. The maximum absolute atomic E-state index is 12.2. The lowest BCUT2D eigenvalue weighted by molar-refractivity contribution is -0.118. The number of nitrogens with zero attached hydrogens (tertiary/aromatic N) is 1. The Kier molecular flexibility index (Phi) is 7.49. The average molecular weight is 472 g/mol. The maximum atomic E-state index is 12.2. The summed E-state index contributed by atoms with van der Waals surface area (Å²) in [6.07, 6.45) is 4.64. The Hall–Kier alpha value is -3.51. The molecule has 35 heavy (non-hydrogen) atoms. The number of ether oxygens (including phenoxy) is 2. The molecule has 2 aliphatic heterocycles. The zero-order valence-electron chi connectivity index (χ0n) is 20.0. The van der Waals surface area contributed by atoms with Gasteiger partial charge in [0.2, 0.25) is 0 Å². The Morgan fingerprint density at radius 3 is 2.46 bits per heavy atom. The third kappa shape index (κ3) is 6.34. The molecule has 0 radical (unpaired) electrons. The molecule has 1 amide bonds. The van der Waals surface area contributed by atoms with Gasteiger partial charge in [0.1, 0.15) is 17.6 Å². The predicted octanol–water partition coefficient (Wildman–Crippen LogP) is 4.66. The van der Waals surface area contributed by atoms with E-state index >= 15 is 0 Å². The van der Waals surface area contributed by atoms with Gasteiger partial charge >= 0.3 is 0 Å². The number of carbonyl (C=O) groups excluding carboxylic acids is 1. The fraction of sp³-hybridized carbons (Fsp3) is 0.345. The van der Waals surface area contributed by atoms with E-state index in [2.05, 4.69) is 45.9 Å². The van der Waals surface area contributed by atoms with E-state index < -0.39 is 0 Å². The van der Waals surface area contributed by atoms with Gasteiger partial charge in [-0.2, -0.15) is 0 Å². The summed E-state index contributed by atoms with van der Waals surface area (Å²) in [4.78, 5) is 14.6. The number of amides is 1. The van der Waals surface area contributed by atoms with Crippen molar-refractivity contribution in [1.29, 1.82) is 0 Å². The molecule has 0 aromatic heterocycles. The van der Waals surface area contributed by atoms with E-state index in [0.717, 1.165) is 56.8 Å². The van der Waals surface area contributed by atoms with Gasteiger partial charge in [-0.25, -0.2) is 0 Å². The van der Waals surface area contributed by atoms with Crippen LogP contribution in [-0.4, -0.2) is 44.3 Å². The first-order valence-corrected chi connectivity index (χ1v) is 12.5. The van der Waals surface area contributed by atoms with Crippen molar-refractivity contribution in [1.82, 2.24) is 5.32 Å². The number of benzene rings is 3. The topological polar surface area (TPSA) is 62.8 Å². The first-order chi connectivity index (χ1) is 17.2. The van der Waals surface area contributed by atoms with Crippen LogP contribution >= 0.6 is 0 Å². The van der Waals surface area contributed by atoms with E-state index in [-0.39, 0.29) is 18.6 Å². The summed E-state index contributed by atoms with van der Waals surface area (Å²) < 4.78 is 11.7. The molecule has 6 heteroatoms. The Balaban J connectivity index is 1.03. The van der Waals surface area contributed by atoms with Crippen LogP contribution in [0, 0.1) is 0 Å². The molecule has 2 heterocycles. The van der Waals surface area contributed by atoms with E-state index in [1.807, 2.05) is 48.5 Å². The van der Waals surface area contributed by atoms with Gasteiger partial charge in [-0.05, 0) is 73.7 Å². The van der Waals surface area contributed by atoms with Crippen LogP contribution in [0.15, 0.2) is 78.9 Å². The van der Waals surface area contributed by atoms with E-state index in [1.54, 1.807) is 0 Å². The van der Waals surface area contributed by atoms with E-state index in [1.165, 1.54) is 11.3 Å². The Morgan fingerprint density at radius 2 is 1.66 bits per heavy atom. The SMILES string of the molecule is O=C(COc1ccccc1)Nc1ccc(N2CCC(NC[C@H]3CCc4ccccc4O3)CC2)cc1. The highest BCUT2D eigenvalue weighted by Gasteiger charge is 2.23. The minimum atomic E-state index is -0.168. The zero-order valence-corrected chi connectivity index (χ0v) is 20.0. The Bertz CT molecular complexity index is 1100. The molecule has 1 fully saturated rings. The standard InChI is InChI=1S/C29H33N3O3/c33-29(21-34-26-7-2-1-3-8-26)31-24-11-13-25(14-12-24)32-18-16-23(17-19-32)30-20-27-15-10-22-6-4-5-9-28(22)35-27/h1-9,11-14,23,27,30H,10,15-21H2,(H,31,33)/t27-/m1/s1. The summed E-state index contributed by atoms with van der Waals surface area (Å²) in [5.74, 6) is 1.56. The Labute approximate surface area is 207 Å². The van der Waals surface area contributed by atoms with Gasteiger partial charge in [-0.3, -0.25) is 4.79 Å². The van der Waals surface area contributed by atoms with Crippen LogP contribution in [0.1, 0.15) is 24.8 Å². The van der Waals surface area contributed by atoms with Crippen molar-refractivity contribution in [2.75, 3.05) is 36.5 Å². The molecular formula is C29H33N3O3. The largest absolute Gasteiger partial charge is 0.489 e. The van der Waals surface area contributed by atoms with E-state index in [0.29, 0.717) is 11.8 Å². The van der Waals surface area contributed by atoms with Crippen molar-refractivity contribution in [2.24, 2.45) is 0 Å². The van der Waals surface area contributed by atoms with Gasteiger partial charge < -0.3 is 25.0 Å². The molecule has 3 aromatic carbocycles. The lowest BCUT2D eigenvalue weighted by Crippen LogP contribution is -2.46. The second kappa shape index (κ2) is 11.3. The molecule has 0 aliphatic carbocycles. The molecule has 6 nitrogen and oxygen atoms in total. The third-order valence-electron chi connectivity index (χ3n) is 6.76. The summed E-state index contributed by atoms with van der Waals surface area (Å²) in [6.45, 7) is 2.93. The molecule has 2 N–H and O–H groups in total. The lowest BCUT2D eigenvalue weighted by atomic mass is 10.0. The van der Waals surface area contributed by atoms with Crippen LogP contribution < -0.4 is 25.0 Å². The molecule has 1 atom stereocenters. The van der Waals surface area contributed by atoms with E-state index in [9.17, 15) is 4.79 Å². The quantitative estimate of drug-likeness (QED) is 0.501. The summed E-state index contributed by atoms with van der Waals surface area (Å²) in [5.41, 5.74) is 3.29.